The molecule has 0 aliphatic carbocycles. The quantitative estimate of drug-likeness (QED) is 0.787. The summed E-state index contributed by atoms with van der Waals surface area (Å²) in [4.78, 5) is 16.8. The zero-order valence-electron chi connectivity index (χ0n) is 13.2. The second kappa shape index (κ2) is 6.62. The number of methoxy groups -OCH3 is 1. The Morgan fingerprint density at radius 2 is 1.87 bits per heavy atom. The first-order chi connectivity index (χ1) is 11.2. The van der Waals surface area contributed by atoms with Crippen LogP contribution in [-0.4, -0.2) is 29.2 Å². The molecule has 2 aromatic carbocycles. The molecule has 1 atom stereocenters. The maximum Gasteiger partial charge on any atom is 0.246 e. The summed E-state index contributed by atoms with van der Waals surface area (Å²) in [7, 11) is 3.47. The molecule has 1 heterocycles. The van der Waals surface area contributed by atoms with E-state index in [1.165, 1.54) is 7.11 Å². The fraction of sp³-hybridized carbons (Fsp3) is 0.222. The molecule has 0 saturated carbocycles. The number of benzene rings is 2. The van der Waals surface area contributed by atoms with Crippen LogP contribution in [0.3, 0.4) is 0 Å². The number of nitrogens with one attached hydrogen (secondary N) is 1. The average molecular weight is 309 g/mol. The number of amides is 1. The number of para-hydroxylation sites is 2. The van der Waals surface area contributed by atoms with Crippen molar-refractivity contribution < 1.29 is 9.53 Å². The first kappa shape index (κ1) is 15.2. The molecule has 0 spiro atoms. The molecule has 0 aliphatic heterocycles. The fourth-order valence-electron chi connectivity index (χ4n) is 2.70. The zero-order chi connectivity index (χ0) is 16.2. The standard InChI is InChI=1S/C18H19N3O2/c1-21-15-11-7-6-10-14(15)19-18(21)17(20-16(22)12-23-2)13-8-4-3-5-9-13/h3-11,17H,12H2,1-2H3,(H,20,22)/t17-/m0/s1. The van der Waals surface area contributed by atoms with Gasteiger partial charge in [-0.1, -0.05) is 42.5 Å². The van der Waals surface area contributed by atoms with Gasteiger partial charge in [-0.3, -0.25) is 4.79 Å². The van der Waals surface area contributed by atoms with Crippen molar-refractivity contribution in [1.29, 1.82) is 0 Å². The van der Waals surface area contributed by atoms with Gasteiger partial charge in [0.1, 0.15) is 18.5 Å². The van der Waals surface area contributed by atoms with E-state index in [2.05, 4.69) is 5.32 Å². The lowest BCUT2D eigenvalue weighted by atomic mass is 10.1. The Morgan fingerprint density at radius 3 is 2.57 bits per heavy atom. The number of aryl methyl sites for hydroxylation is 1. The van der Waals surface area contributed by atoms with E-state index in [0.717, 1.165) is 22.4 Å². The minimum Gasteiger partial charge on any atom is -0.375 e. The molecule has 0 saturated heterocycles. The van der Waals surface area contributed by atoms with Gasteiger partial charge in [0.05, 0.1) is 11.0 Å². The highest BCUT2D eigenvalue weighted by molar-refractivity contribution is 5.79. The molecule has 3 rings (SSSR count). The zero-order valence-corrected chi connectivity index (χ0v) is 13.2. The van der Waals surface area contributed by atoms with E-state index in [0.29, 0.717) is 0 Å². The normalized spacial score (nSPS) is 12.3. The van der Waals surface area contributed by atoms with E-state index in [4.69, 9.17) is 9.72 Å². The molecule has 0 fully saturated rings. The molecule has 0 unspecified atom stereocenters. The van der Waals surface area contributed by atoms with Gasteiger partial charge in [-0.25, -0.2) is 4.98 Å². The van der Waals surface area contributed by atoms with Gasteiger partial charge in [-0.05, 0) is 17.7 Å². The lowest BCUT2D eigenvalue weighted by molar-refractivity contribution is -0.125. The van der Waals surface area contributed by atoms with Crippen LogP contribution in [0.25, 0.3) is 11.0 Å². The first-order valence-electron chi connectivity index (χ1n) is 7.45. The van der Waals surface area contributed by atoms with E-state index >= 15 is 0 Å². The molecule has 118 valence electrons. The van der Waals surface area contributed by atoms with E-state index in [1.807, 2.05) is 66.2 Å². The maximum absolute atomic E-state index is 12.1. The number of carbonyl (C=O) groups excluding carboxylic acids is 1. The molecule has 1 amide bonds. The summed E-state index contributed by atoms with van der Waals surface area (Å²) in [5, 5.41) is 3.01. The summed E-state index contributed by atoms with van der Waals surface area (Å²) in [6.07, 6.45) is 0. The summed E-state index contributed by atoms with van der Waals surface area (Å²) in [6.45, 7) is 0.0211. The van der Waals surface area contributed by atoms with Gasteiger partial charge in [0.2, 0.25) is 5.91 Å². The second-order valence-electron chi connectivity index (χ2n) is 5.36. The Kier molecular flexibility index (Phi) is 4.39. The summed E-state index contributed by atoms with van der Waals surface area (Å²) < 4.78 is 6.94. The summed E-state index contributed by atoms with van der Waals surface area (Å²) >= 11 is 0. The van der Waals surface area contributed by atoms with Crippen LogP contribution in [-0.2, 0) is 16.6 Å². The molecule has 0 aliphatic rings. The SMILES string of the molecule is COCC(=O)N[C@@H](c1ccccc1)c1nc2ccccc2n1C. The molecule has 1 aromatic heterocycles. The lowest BCUT2D eigenvalue weighted by Gasteiger charge is -2.19. The third-order valence-electron chi connectivity index (χ3n) is 3.79. The van der Waals surface area contributed by atoms with Gasteiger partial charge in [-0.2, -0.15) is 0 Å². The summed E-state index contributed by atoms with van der Waals surface area (Å²) in [5.74, 6) is 0.621. The van der Waals surface area contributed by atoms with Gasteiger partial charge in [-0.15, -0.1) is 0 Å². The van der Waals surface area contributed by atoms with Crippen molar-refractivity contribution in [3.05, 3.63) is 66.0 Å². The minimum atomic E-state index is -0.323. The van der Waals surface area contributed by atoms with Gasteiger partial charge in [0, 0.05) is 14.2 Å². The van der Waals surface area contributed by atoms with Crippen molar-refractivity contribution in [2.24, 2.45) is 7.05 Å². The number of rotatable bonds is 5. The molecule has 3 aromatic rings. The number of carbonyl (C=O) groups is 1. The van der Waals surface area contributed by atoms with E-state index < -0.39 is 0 Å². The van der Waals surface area contributed by atoms with Crippen molar-refractivity contribution in [2.75, 3.05) is 13.7 Å². The van der Waals surface area contributed by atoms with Crippen LogP contribution >= 0.6 is 0 Å². The van der Waals surface area contributed by atoms with Crippen LogP contribution in [0.5, 0.6) is 0 Å². The summed E-state index contributed by atoms with van der Waals surface area (Å²) in [6, 6.07) is 17.4. The predicted octanol–water partition coefficient (Wildman–Crippen LogP) is 2.43. The summed E-state index contributed by atoms with van der Waals surface area (Å²) in [5.41, 5.74) is 2.92. The number of fused-ring (bicyclic) bond motifs is 1. The Bertz CT molecular complexity index is 812. The lowest BCUT2D eigenvalue weighted by Crippen LogP contribution is -2.33. The molecule has 5 heteroatoms. The van der Waals surface area contributed by atoms with Crippen molar-refractivity contribution in [3.63, 3.8) is 0 Å². The van der Waals surface area contributed by atoms with E-state index in [-0.39, 0.29) is 18.6 Å². The Morgan fingerprint density at radius 1 is 1.17 bits per heavy atom. The topological polar surface area (TPSA) is 56.1 Å². The predicted molar refractivity (Wildman–Crippen MR) is 89.0 cm³/mol. The highest BCUT2D eigenvalue weighted by atomic mass is 16.5. The molecule has 5 nitrogen and oxygen atoms in total. The van der Waals surface area contributed by atoms with E-state index in [9.17, 15) is 4.79 Å². The van der Waals surface area contributed by atoms with Crippen molar-refractivity contribution >= 4 is 16.9 Å². The Balaban J connectivity index is 2.06. The van der Waals surface area contributed by atoms with Crippen molar-refractivity contribution in [3.8, 4) is 0 Å². The smallest absolute Gasteiger partial charge is 0.246 e. The highest BCUT2D eigenvalue weighted by Crippen LogP contribution is 2.24. The van der Waals surface area contributed by atoms with Crippen LogP contribution < -0.4 is 5.32 Å². The molecular weight excluding hydrogens is 290 g/mol. The Labute approximate surface area is 134 Å². The molecule has 0 bridgehead atoms. The van der Waals surface area contributed by atoms with Crippen LogP contribution in [0, 0.1) is 0 Å². The number of nitrogens with zero attached hydrogens (tertiary/aromatic N) is 2. The molecule has 0 radical (unpaired) electrons. The van der Waals surface area contributed by atoms with Crippen LogP contribution in [0.4, 0.5) is 0 Å². The minimum absolute atomic E-state index is 0.0211. The third kappa shape index (κ3) is 3.10. The number of aromatic nitrogens is 2. The Hall–Kier alpha value is -2.66. The van der Waals surface area contributed by atoms with Crippen LogP contribution in [0.1, 0.15) is 17.4 Å². The van der Waals surface area contributed by atoms with Gasteiger partial charge in [0.25, 0.3) is 0 Å². The number of hydrogen-bond acceptors (Lipinski definition) is 3. The molecule has 23 heavy (non-hydrogen) atoms. The van der Waals surface area contributed by atoms with Gasteiger partial charge < -0.3 is 14.6 Å². The number of imidazole rings is 1. The maximum atomic E-state index is 12.1. The van der Waals surface area contributed by atoms with Gasteiger partial charge >= 0.3 is 0 Å². The van der Waals surface area contributed by atoms with Crippen molar-refractivity contribution in [2.45, 2.75) is 6.04 Å². The van der Waals surface area contributed by atoms with Crippen LogP contribution in [0.2, 0.25) is 0 Å². The fourth-order valence-corrected chi connectivity index (χ4v) is 2.70. The monoisotopic (exact) mass is 309 g/mol. The molecule has 1 N–H and O–H groups in total. The average Bonchev–Trinajstić information content (AvgIpc) is 2.91. The first-order valence-corrected chi connectivity index (χ1v) is 7.45. The number of ether oxygens (including phenoxy) is 1. The third-order valence-corrected chi connectivity index (χ3v) is 3.79. The highest BCUT2D eigenvalue weighted by Gasteiger charge is 2.22. The van der Waals surface area contributed by atoms with E-state index in [1.54, 1.807) is 0 Å². The largest absolute Gasteiger partial charge is 0.375 e. The second-order valence-corrected chi connectivity index (χ2v) is 5.36. The molecular formula is C18H19N3O2. The number of hydrogen-bond donors (Lipinski definition) is 1. The van der Waals surface area contributed by atoms with Crippen LogP contribution in [0.15, 0.2) is 54.6 Å². The van der Waals surface area contributed by atoms with Gasteiger partial charge in [0.15, 0.2) is 0 Å². The van der Waals surface area contributed by atoms with Crippen molar-refractivity contribution in [1.82, 2.24) is 14.9 Å².